The van der Waals surface area contributed by atoms with Crippen LogP contribution in [0.4, 0.5) is 5.69 Å². The van der Waals surface area contributed by atoms with E-state index in [0.29, 0.717) is 0 Å². The van der Waals surface area contributed by atoms with Gasteiger partial charge in [0.05, 0.1) is 14.8 Å². The number of non-ortho nitro benzene ring substituents is 1. The normalized spacial score (nSPS) is 10.4. The van der Waals surface area contributed by atoms with Gasteiger partial charge in [-0.05, 0) is 45.4 Å². The van der Waals surface area contributed by atoms with Crippen LogP contribution in [0.3, 0.4) is 0 Å². The Balaban J connectivity index is 2.61. The van der Waals surface area contributed by atoms with Crippen molar-refractivity contribution in [3.05, 3.63) is 44.3 Å². The van der Waals surface area contributed by atoms with Gasteiger partial charge in [-0.25, -0.2) is 4.98 Å². The van der Waals surface area contributed by atoms with Crippen LogP contribution in [0.5, 0.6) is 0 Å². The maximum atomic E-state index is 10.7. The van der Waals surface area contributed by atoms with Gasteiger partial charge in [0.25, 0.3) is 5.69 Å². The van der Waals surface area contributed by atoms with Crippen LogP contribution < -0.4 is 9.88 Å². The number of nitro groups is 1. The molecule has 1 aromatic carbocycles. The van der Waals surface area contributed by atoms with Crippen LogP contribution in [-0.4, -0.2) is 9.91 Å². The molecule has 0 aliphatic heterocycles. The molecule has 0 amide bonds. The molecule has 0 aliphatic rings. The molecule has 0 N–H and O–H groups in total. The largest absolute Gasteiger partial charge is 0.269 e. The Morgan fingerprint density at radius 1 is 1.10 bits per heavy atom. The van der Waals surface area contributed by atoms with Crippen molar-refractivity contribution in [2.75, 3.05) is 0 Å². The summed E-state index contributed by atoms with van der Waals surface area (Å²) in [7, 11) is 0. The van der Waals surface area contributed by atoms with E-state index in [4.69, 9.17) is 0 Å². The minimum atomic E-state index is -0.392. The third kappa shape index (κ3) is 2.77. The van der Waals surface area contributed by atoms with E-state index in [-0.39, 0.29) is 5.69 Å². The molecule has 1 aromatic heterocycles. The minimum Gasteiger partial charge on any atom is -0.258 e. The molecule has 0 fully saturated rings. The third-order valence-electron chi connectivity index (χ3n) is 2.88. The van der Waals surface area contributed by atoms with Crippen molar-refractivity contribution >= 4 is 28.2 Å². The van der Waals surface area contributed by atoms with Gasteiger partial charge in [-0.3, -0.25) is 10.1 Å². The minimum absolute atomic E-state index is 0.0993. The fourth-order valence-corrected chi connectivity index (χ4v) is 2.98. The van der Waals surface area contributed by atoms with Crippen molar-refractivity contribution < 1.29 is 4.92 Å². The Labute approximate surface area is 121 Å². The van der Waals surface area contributed by atoms with Crippen LogP contribution in [0.2, 0.25) is 0 Å². The first-order valence-corrected chi connectivity index (χ1v) is 7.08. The second-order valence-electron chi connectivity index (χ2n) is 5.00. The molecule has 0 bridgehead atoms. The van der Waals surface area contributed by atoms with Gasteiger partial charge in [0, 0.05) is 17.7 Å². The Morgan fingerprint density at radius 2 is 1.70 bits per heavy atom. The van der Waals surface area contributed by atoms with Crippen molar-refractivity contribution in [1.29, 1.82) is 0 Å². The number of nitrogens with zero attached hydrogens (tertiary/aromatic N) is 2. The summed E-state index contributed by atoms with van der Waals surface area (Å²) in [6.07, 6.45) is 0. The van der Waals surface area contributed by atoms with E-state index in [0.717, 1.165) is 15.9 Å². The first-order chi connectivity index (χ1) is 9.40. The Kier molecular flexibility index (Phi) is 3.99. The number of hydrogen-bond donors (Lipinski definition) is 0. The predicted molar refractivity (Wildman–Crippen MR) is 83.0 cm³/mol. The van der Waals surface area contributed by atoms with Crippen LogP contribution in [0.25, 0.3) is 21.7 Å². The predicted octanol–water partition coefficient (Wildman–Crippen LogP) is 3.10. The summed E-state index contributed by atoms with van der Waals surface area (Å²) in [4.78, 5) is 14.9. The fraction of sp³-hybridized carbons (Fsp3) is 0.267. The van der Waals surface area contributed by atoms with E-state index < -0.39 is 4.92 Å². The summed E-state index contributed by atoms with van der Waals surface area (Å²) in [5, 5.41) is 12.6. The lowest BCUT2D eigenvalue weighted by molar-refractivity contribution is -0.384. The zero-order valence-corrected chi connectivity index (χ0v) is 12.7. The van der Waals surface area contributed by atoms with Crippen LogP contribution in [0.1, 0.15) is 27.7 Å². The van der Waals surface area contributed by atoms with E-state index in [1.807, 2.05) is 13.8 Å². The summed E-state index contributed by atoms with van der Waals surface area (Å²) >= 11 is 1.62. The first-order valence-electron chi connectivity index (χ1n) is 6.27. The molecule has 0 radical (unpaired) electrons. The molecule has 0 aliphatic carbocycles. The van der Waals surface area contributed by atoms with Crippen molar-refractivity contribution in [1.82, 2.24) is 4.98 Å². The average Bonchev–Trinajstić information content (AvgIpc) is 2.84. The maximum Gasteiger partial charge on any atom is 0.269 e. The average molecular weight is 288 g/mol. The number of nitro benzene ring substituents is 1. The Hall–Kier alpha value is -2.01. The molecule has 0 saturated heterocycles. The van der Waals surface area contributed by atoms with Gasteiger partial charge in [0.2, 0.25) is 0 Å². The summed E-state index contributed by atoms with van der Waals surface area (Å²) in [5.74, 6) is 0. The van der Waals surface area contributed by atoms with Crippen molar-refractivity contribution in [2.24, 2.45) is 0 Å². The molecule has 0 spiro atoms. The van der Waals surface area contributed by atoms with Gasteiger partial charge in [-0.2, -0.15) is 0 Å². The molecule has 0 atom stereocenters. The van der Waals surface area contributed by atoms with E-state index >= 15 is 0 Å². The molecular weight excluding hydrogens is 272 g/mol. The highest BCUT2D eigenvalue weighted by atomic mass is 32.1. The Bertz CT molecular complexity index is 728. The number of rotatable bonds is 2. The molecule has 104 valence electrons. The van der Waals surface area contributed by atoms with Gasteiger partial charge in [-0.1, -0.05) is 5.57 Å². The van der Waals surface area contributed by atoms with Crippen LogP contribution in [0, 0.1) is 10.1 Å². The van der Waals surface area contributed by atoms with Crippen molar-refractivity contribution in [3.8, 4) is 10.6 Å². The highest BCUT2D eigenvalue weighted by Gasteiger charge is 2.08. The molecule has 2 aromatic rings. The number of benzene rings is 1. The molecule has 1 heterocycles. The lowest BCUT2D eigenvalue weighted by atomic mass is 10.2. The van der Waals surface area contributed by atoms with Gasteiger partial charge in [0.15, 0.2) is 0 Å². The van der Waals surface area contributed by atoms with E-state index in [9.17, 15) is 10.1 Å². The maximum absolute atomic E-state index is 10.7. The van der Waals surface area contributed by atoms with Crippen LogP contribution >= 0.6 is 11.3 Å². The summed E-state index contributed by atoms with van der Waals surface area (Å²) in [6, 6.07) is 6.53. The zero-order chi connectivity index (χ0) is 14.9. The monoisotopic (exact) mass is 288 g/mol. The summed E-state index contributed by atoms with van der Waals surface area (Å²) in [5.41, 5.74) is 3.41. The second kappa shape index (κ2) is 5.54. The molecule has 0 saturated carbocycles. The quantitative estimate of drug-likeness (QED) is 0.630. The molecule has 5 heteroatoms. The fourth-order valence-electron chi connectivity index (χ4n) is 1.85. The molecule has 2 rings (SSSR count). The Morgan fingerprint density at radius 3 is 2.10 bits per heavy atom. The van der Waals surface area contributed by atoms with E-state index in [1.54, 1.807) is 23.5 Å². The number of hydrogen-bond acceptors (Lipinski definition) is 4. The van der Waals surface area contributed by atoms with Gasteiger partial charge in [0.1, 0.15) is 5.01 Å². The van der Waals surface area contributed by atoms with Gasteiger partial charge in [-0.15, -0.1) is 11.3 Å². The van der Waals surface area contributed by atoms with Crippen molar-refractivity contribution in [3.63, 3.8) is 0 Å². The third-order valence-corrected chi connectivity index (χ3v) is 4.21. The summed E-state index contributed by atoms with van der Waals surface area (Å²) < 4.78 is 1.18. The molecule has 4 nitrogen and oxygen atoms in total. The number of aromatic nitrogens is 1. The van der Waals surface area contributed by atoms with Crippen LogP contribution in [-0.2, 0) is 0 Å². The highest BCUT2D eigenvalue weighted by Crippen LogP contribution is 2.21. The topological polar surface area (TPSA) is 56.0 Å². The smallest absolute Gasteiger partial charge is 0.258 e. The highest BCUT2D eigenvalue weighted by molar-refractivity contribution is 7.13. The van der Waals surface area contributed by atoms with E-state index in [2.05, 4.69) is 18.8 Å². The van der Waals surface area contributed by atoms with Crippen molar-refractivity contribution in [2.45, 2.75) is 27.7 Å². The number of thiazole rings is 1. The van der Waals surface area contributed by atoms with Crippen LogP contribution in [0.15, 0.2) is 24.3 Å². The second-order valence-corrected chi connectivity index (χ2v) is 6.00. The van der Waals surface area contributed by atoms with E-state index in [1.165, 1.54) is 27.8 Å². The lowest BCUT2D eigenvalue weighted by Crippen LogP contribution is -2.24. The molecule has 20 heavy (non-hydrogen) atoms. The molecular formula is C15H16N2O2S. The summed E-state index contributed by atoms with van der Waals surface area (Å²) in [6.45, 7) is 8.22. The molecule has 0 unspecified atom stereocenters. The van der Waals surface area contributed by atoms with Gasteiger partial charge < -0.3 is 0 Å². The standard InChI is InChI=1S/C15H16N2O2S/c1-9(2)13-14(10(3)4)20-15(16-13)11-5-7-12(8-6-11)17(18)19/h5-8H,1-4H3. The first kappa shape index (κ1) is 14.4. The SMILES string of the molecule is CC(C)=c1nc(-c2ccc([N+](=O)[O-])cc2)sc1=C(C)C. The zero-order valence-electron chi connectivity index (χ0n) is 11.9. The van der Waals surface area contributed by atoms with Gasteiger partial charge >= 0.3 is 0 Å². The lowest BCUT2D eigenvalue weighted by Gasteiger charge is -1.95.